The molecule has 0 saturated carbocycles. The molecular weight excluding hydrogens is 286 g/mol. The van der Waals surface area contributed by atoms with E-state index in [1.54, 1.807) is 18.2 Å². The van der Waals surface area contributed by atoms with Crippen molar-refractivity contribution in [3.63, 3.8) is 0 Å². The summed E-state index contributed by atoms with van der Waals surface area (Å²) in [5.74, 6) is 0.0296. The first-order valence-corrected chi connectivity index (χ1v) is 6.61. The highest BCUT2D eigenvalue weighted by atomic mass is 35.5. The van der Waals surface area contributed by atoms with Crippen molar-refractivity contribution in [1.82, 2.24) is 5.32 Å². The monoisotopic (exact) mass is 298 g/mol. The fraction of sp³-hybridized carbons (Fsp3) is 0.385. The largest absolute Gasteiger partial charge is 0.530 e. The number of Topliss-reactive ketones (excluding diaryl/α,β-unsaturated/α-hetero) is 1. The fourth-order valence-corrected chi connectivity index (χ4v) is 2.12. The van der Waals surface area contributed by atoms with Crippen molar-refractivity contribution in [3.05, 3.63) is 23.8 Å². The van der Waals surface area contributed by atoms with Gasteiger partial charge in [-0.05, 0) is 6.07 Å². The van der Waals surface area contributed by atoms with E-state index >= 15 is 0 Å². The maximum absolute atomic E-state index is 11.8. The van der Waals surface area contributed by atoms with Crippen LogP contribution in [0, 0.1) is 0 Å². The van der Waals surface area contributed by atoms with E-state index in [0.717, 1.165) is 0 Å². The lowest BCUT2D eigenvalue weighted by Crippen LogP contribution is -2.42. The van der Waals surface area contributed by atoms with Crippen LogP contribution in [0.25, 0.3) is 0 Å². The molecule has 1 amide bonds. The molecule has 1 aromatic rings. The second-order valence-corrected chi connectivity index (χ2v) is 4.46. The molecule has 1 aliphatic rings. The number of rotatable bonds is 4. The van der Waals surface area contributed by atoms with Gasteiger partial charge in [-0.15, -0.1) is 11.6 Å². The molecule has 7 heteroatoms. The third-order valence-electron chi connectivity index (χ3n) is 2.83. The summed E-state index contributed by atoms with van der Waals surface area (Å²) in [7, 11) is 0. The van der Waals surface area contributed by atoms with Crippen molar-refractivity contribution in [1.29, 1.82) is 0 Å². The van der Waals surface area contributed by atoms with Gasteiger partial charge in [0.2, 0.25) is 0 Å². The number of ether oxygens (including phenoxy) is 2. The molecular formula is C13H13ClNO5-. The molecule has 1 aromatic carbocycles. The van der Waals surface area contributed by atoms with Gasteiger partial charge in [0.25, 0.3) is 0 Å². The van der Waals surface area contributed by atoms with Crippen molar-refractivity contribution in [3.8, 4) is 11.5 Å². The molecule has 0 aliphatic carbocycles. The van der Waals surface area contributed by atoms with Crippen molar-refractivity contribution in [2.45, 2.75) is 12.5 Å². The van der Waals surface area contributed by atoms with Crippen molar-refractivity contribution in [2.24, 2.45) is 0 Å². The topological polar surface area (TPSA) is 87.7 Å². The van der Waals surface area contributed by atoms with Gasteiger partial charge in [-0.1, -0.05) is 12.1 Å². The molecule has 108 valence electrons. The minimum absolute atomic E-state index is 0.324. The first kappa shape index (κ1) is 14.5. The smallest absolute Gasteiger partial charge is 0.174 e. The van der Waals surface area contributed by atoms with Crippen LogP contribution in [0.1, 0.15) is 18.0 Å². The summed E-state index contributed by atoms with van der Waals surface area (Å²) in [5, 5.41) is 12.8. The number of carbonyl (C=O) groups excluding carboxylic acids is 2. The van der Waals surface area contributed by atoms with Crippen LogP contribution >= 0.6 is 11.6 Å². The molecule has 1 atom stereocenters. The van der Waals surface area contributed by atoms with E-state index < -0.39 is 17.9 Å². The Balaban J connectivity index is 2.42. The lowest BCUT2D eigenvalue weighted by atomic mass is 10.0. The fourth-order valence-electron chi connectivity index (χ4n) is 1.97. The summed E-state index contributed by atoms with van der Waals surface area (Å²) >= 11 is 5.52. The molecule has 20 heavy (non-hydrogen) atoms. The van der Waals surface area contributed by atoms with E-state index in [2.05, 4.69) is 5.32 Å². The lowest BCUT2D eigenvalue weighted by Gasteiger charge is -2.21. The number of amides is 1. The first-order valence-electron chi connectivity index (χ1n) is 6.08. The molecule has 0 radical (unpaired) electrons. The zero-order chi connectivity index (χ0) is 14.5. The number of para-hydroxylation sites is 1. The quantitative estimate of drug-likeness (QED) is 0.824. The number of carboxylic acid groups (broad SMARTS) is 1. The van der Waals surface area contributed by atoms with Gasteiger partial charge >= 0.3 is 0 Å². The van der Waals surface area contributed by atoms with E-state index in [-0.39, 0.29) is 5.88 Å². The second kappa shape index (κ2) is 6.47. The third-order valence-corrected chi connectivity index (χ3v) is 3.09. The summed E-state index contributed by atoms with van der Waals surface area (Å²) in [5.41, 5.74) is 0.374. The highest BCUT2D eigenvalue weighted by molar-refractivity contribution is 6.28. The van der Waals surface area contributed by atoms with Crippen LogP contribution in [0.3, 0.4) is 0 Å². The number of halogens is 1. The van der Waals surface area contributed by atoms with Crippen molar-refractivity contribution >= 4 is 23.5 Å². The number of nitrogens with one attached hydrogen (secondary N) is 1. The summed E-state index contributed by atoms with van der Waals surface area (Å²) < 4.78 is 11.1. The Morgan fingerprint density at radius 1 is 1.35 bits per heavy atom. The van der Waals surface area contributed by atoms with Crippen LogP contribution < -0.4 is 19.9 Å². The molecule has 1 aliphatic heterocycles. The third kappa shape index (κ3) is 3.14. The maximum atomic E-state index is 11.8. The lowest BCUT2D eigenvalue weighted by molar-refractivity contribution is -0.251. The number of ketones is 1. The van der Waals surface area contributed by atoms with Gasteiger partial charge in [0, 0.05) is 12.0 Å². The highest BCUT2D eigenvalue weighted by Gasteiger charge is 2.26. The Hall–Kier alpha value is -1.95. The maximum Gasteiger partial charge on any atom is 0.174 e. The molecule has 6 nitrogen and oxygen atoms in total. The van der Waals surface area contributed by atoms with Crippen LogP contribution in [0.15, 0.2) is 18.2 Å². The van der Waals surface area contributed by atoms with Crippen LogP contribution in [-0.4, -0.2) is 31.0 Å². The first-order chi connectivity index (χ1) is 9.63. The summed E-state index contributed by atoms with van der Waals surface area (Å²) in [6.45, 7) is 0.926. The molecule has 2 rings (SSSR count). The second-order valence-electron chi connectivity index (χ2n) is 4.19. The summed E-state index contributed by atoms with van der Waals surface area (Å²) in [6, 6.07) is 3.83. The van der Waals surface area contributed by atoms with Crippen LogP contribution in [0.4, 0.5) is 4.79 Å². The standard InChI is InChI=1S/C13H14ClNO5/c14-7-9(16)11(15-13(17)18)8-3-1-4-10-12(8)20-6-2-5-19-10/h1,3-4,11,15H,2,5-7H2,(H,17,18)/p-1. The van der Waals surface area contributed by atoms with E-state index in [0.29, 0.717) is 36.7 Å². The average Bonchev–Trinajstić information content (AvgIpc) is 2.68. The van der Waals surface area contributed by atoms with E-state index in [4.69, 9.17) is 21.1 Å². The SMILES string of the molecule is O=C([O-])NC(C(=O)CCl)c1cccc2c1OCCCO2. The van der Waals surface area contributed by atoms with Crippen LogP contribution in [-0.2, 0) is 4.79 Å². The number of fused-ring (bicyclic) bond motifs is 1. The van der Waals surface area contributed by atoms with Crippen molar-refractivity contribution < 1.29 is 24.2 Å². The van der Waals surface area contributed by atoms with E-state index in [1.807, 2.05) is 0 Å². The minimum Gasteiger partial charge on any atom is -0.530 e. The zero-order valence-electron chi connectivity index (χ0n) is 10.6. The molecule has 0 fully saturated rings. The Morgan fingerprint density at radius 3 is 2.80 bits per heavy atom. The average molecular weight is 299 g/mol. The van der Waals surface area contributed by atoms with Gasteiger partial charge < -0.3 is 24.7 Å². The molecule has 0 bridgehead atoms. The van der Waals surface area contributed by atoms with Gasteiger partial charge in [0.15, 0.2) is 17.3 Å². The van der Waals surface area contributed by atoms with Gasteiger partial charge in [0.1, 0.15) is 12.1 Å². The molecule has 1 heterocycles. The van der Waals surface area contributed by atoms with Crippen LogP contribution in [0.2, 0.25) is 0 Å². The summed E-state index contributed by atoms with van der Waals surface area (Å²) in [4.78, 5) is 22.6. The Morgan fingerprint density at radius 2 is 2.10 bits per heavy atom. The Bertz CT molecular complexity index is 519. The number of carbonyl (C=O) groups is 2. The predicted octanol–water partition coefficient (Wildman–Crippen LogP) is 0.630. The normalized spacial score (nSPS) is 15.1. The Labute approximate surface area is 120 Å². The van der Waals surface area contributed by atoms with Gasteiger partial charge in [-0.2, -0.15) is 0 Å². The Kier molecular flexibility index (Phi) is 4.68. The summed E-state index contributed by atoms with van der Waals surface area (Å²) in [6.07, 6.45) is -0.850. The minimum atomic E-state index is -1.55. The van der Waals surface area contributed by atoms with Crippen LogP contribution in [0.5, 0.6) is 11.5 Å². The predicted molar refractivity (Wildman–Crippen MR) is 69.0 cm³/mol. The van der Waals surface area contributed by atoms with Crippen molar-refractivity contribution in [2.75, 3.05) is 19.1 Å². The van der Waals surface area contributed by atoms with Gasteiger partial charge in [0.05, 0.1) is 19.1 Å². The number of hydrogen-bond acceptors (Lipinski definition) is 5. The zero-order valence-corrected chi connectivity index (χ0v) is 11.3. The molecule has 0 spiro atoms. The van der Waals surface area contributed by atoms with Gasteiger partial charge in [-0.3, -0.25) is 4.79 Å². The van der Waals surface area contributed by atoms with Gasteiger partial charge in [-0.25, -0.2) is 0 Å². The number of hydrogen-bond donors (Lipinski definition) is 1. The molecule has 1 N–H and O–H groups in total. The highest BCUT2D eigenvalue weighted by Crippen LogP contribution is 2.36. The van der Waals surface area contributed by atoms with E-state index in [1.165, 1.54) is 0 Å². The number of benzene rings is 1. The number of alkyl halides is 1. The van der Waals surface area contributed by atoms with E-state index in [9.17, 15) is 14.7 Å². The molecule has 1 unspecified atom stereocenters. The molecule has 0 saturated heterocycles. The molecule has 0 aromatic heterocycles.